The highest BCUT2D eigenvalue weighted by molar-refractivity contribution is 8.15. The van der Waals surface area contributed by atoms with Crippen LogP contribution in [0.4, 0.5) is 20.2 Å². The maximum absolute atomic E-state index is 14.0. The molecule has 0 unspecified atom stereocenters. The number of hydrogen-bond acceptors (Lipinski definition) is 5. The summed E-state index contributed by atoms with van der Waals surface area (Å²) in [6.45, 7) is 5.80. The number of thioether (sulfide) groups is 1. The van der Waals surface area contributed by atoms with Gasteiger partial charge in [0.2, 0.25) is 5.91 Å². The predicted octanol–water partition coefficient (Wildman–Crippen LogP) is 5.12. The van der Waals surface area contributed by atoms with E-state index in [1.807, 2.05) is 38.1 Å². The molecule has 2 amide bonds. The summed E-state index contributed by atoms with van der Waals surface area (Å²) in [5.41, 5.74) is 1.20. The Morgan fingerprint density at radius 2 is 1.94 bits per heavy atom. The minimum Gasteiger partial charge on any atom is -0.323 e. The number of amidine groups is 2. The van der Waals surface area contributed by atoms with Gasteiger partial charge in [-0.05, 0) is 36.6 Å². The molecule has 0 saturated heterocycles. The average Bonchev–Trinajstić information content (AvgIpc) is 3.17. The number of nitrogens with zero attached hydrogens (tertiary/aromatic N) is 3. The lowest BCUT2D eigenvalue weighted by Gasteiger charge is -2.27. The normalized spacial score (nSPS) is 18.8. The van der Waals surface area contributed by atoms with Gasteiger partial charge in [-0.1, -0.05) is 51.1 Å². The topological polar surface area (TPSA) is 74.1 Å². The number of carbonyl (C=O) groups is 2. The molecule has 1 N–H and O–H groups in total. The molecule has 2 heterocycles. The molecule has 4 rings (SSSR count). The standard InChI is InChI=1S/C24H24F2N4O2S/c1-4-13(3)20-23(32)30-21(29-20)15-8-6-7-9-17(15)28-24(30)33-19(5-2)22(31)27-18-12-14(25)10-11-16(18)26/h6-13,19-20H,4-5H2,1-3H3,(H,27,31)/t13-,19+,20+/m1/s1. The van der Waals surface area contributed by atoms with E-state index in [-0.39, 0.29) is 17.5 Å². The van der Waals surface area contributed by atoms with Crippen LogP contribution in [0.25, 0.3) is 0 Å². The van der Waals surface area contributed by atoms with Gasteiger partial charge >= 0.3 is 0 Å². The van der Waals surface area contributed by atoms with Gasteiger partial charge in [0, 0.05) is 11.6 Å². The minimum atomic E-state index is -0.728. The van der Waals surface area contributed by atoms with E-state index in [2.05, 4.69) is 10.3 Å². The van der Waals surface area contributed by atoms with Gasteiger partial charge in [-0.25, -0.2) is 18.7 Å². The summed E-state index contributed by atoms with van der Waals surface area (Å²) in [7, 11) is 0. The van der Waals surface area contributed by atoms with Gasteiger partial charge in [0.25, 0.3) is 5.91 Å². The third kappa shape index (κ3) is 4.42. The van der Waals surface area contributed by atoms with Crippen molar-refractivity contribution in [3.8, 4) is 0 Å². The van der Waals surface area contributed by atoms with Crippen molar-refractivity contribution in [2.45, 2.75) is 44.9 Å². The molecular weight excluding hydrogens is 446 g/mol. The highest BCUT2D eigenvalue weighted by Crippen LogP contribution is 2.36. The van der Waals surface area contributed by atoms with Crippen molar-refractivity contribution in [1.82, 2.24) is 4.90 Å². The van der Waals surface area contributed by atoms with Crippen molar-refractivity contribution in [3.05, 3.63) is 59.7 Å². The molecule has 0 radical (unpaired) electrons. The van der Waals surface area contributed by atoms with Crippen LogP contribution in [0.15, 0.2) is 52.4 Å². The molecule has 0 aromatic heterocycles. The quantitative estimate of drug-likeness (QED) is 0.637. The molecule has 0 spiro atoms. The Bertz CT molecular complexity index is 1170. The Morgan fingerprint density at radius 1 is 1.18 bits per heavy atom. The van der Waals surface area contributed by atoms with Crippen LogP contribution in [0.3, 0.4) is 0 Å². The number of rotatable bonds is 6. The zero-order chi connectivity index (χ0) is 23.7. The summed E-state index contributed by atoms with van der Waals surface area (Å²) in [5.74, 6) is -1.47. The Morgan fingerprint density at radius 3 is 2.67 bits per heavy atom. The van der Waals surface area contributed by atoms with Crippen molar-refractivity contribution < 1.29 is 18.4 Å². The third-order valence-corrected chi connectivity index (χ3v) is 7.10. The summed E-state index contributed by atoms with van der Waals surface area (Å²) >= 11 is 1.11. The van der Waals surface area contributed by atoms with E-state index in [9.17, 15) is 18.4 Å². The second-order valence-corrected chi connectivity index (χ2v) is 9.17. The molecule has 2 aliphatic heterocycles. The summed E-state index contributed by atoms with van der Waals surface area (Å²) in [6, 6.07) is 9.78. The molecular formula is C24H24F2N4O2S. The number of aliphatic imine (C=N–C) groups is 2. The predicted molar refractivity (Wildman–Crippen MR) is 127 cm³/mol. The highest BCUT2D eigenvalue weighted by Gasteiger charge is 2.43. The summed E-state index contributed by atoms with van der Waals surface area (Å²) in [4.78, 5) is 37.1. The number of amides is 2. The first kappa shape index (κ1) is 23.1. The van der Waals surface area contributed by atoms with E-state index in [1.54, 1.807) is 6.92 Å². The molecule has 6 nitrogen and oxygen atoms in total. The fourth-order valence-electron chi connectivity index (χ4n) is 3.70. The van der Waals surface area contributed by atoms with Crippen LogP contribution >= 0.6 is 11.8 Å². The first-order valence-corrected chi connectivity index (χ1v) is 11.7. The van der Waals surface area contributed by atoms with Gasteiger partial charge in [0.1, 0.15) is 23.5 Å². The van der Waals surface area contributed by atoms with Crippen LogP contribution in [0.5, 0.6) is 0 Å². The second-order valence-electron chi connectivity index (χ2n) is 8.00. The molecule has 172 valence electrons. The minimum absolute atomic E-state index is 0.0511. The number of hydrogen-bond donors (Lipinski definition) is 1. The Kier molecular flexibility index (Phi) is 6.60. The molecule has 9 heteroatoms. The van der Waals surface area contributed by atoms with Gasteiger partial charge in [-0.3, -0.25) is 14.6 Å². The van der Waals surface area contributed by atoms with Crippen molar-refractivity contribution in [1.29, 1.82) is 0 Å². The number of carbonyl (C=O) groups excluding carboxylic acids is 2. The maximum atomic E-state index is 14.0. The number of fused-ring (bicyclic) bond motifs is 3. The van der Waals surface area contributed by atoms with Crippen LogP contribution in [0.2, 0.25) is 0 Å². The molecule has 0 saturated carbocycles. The molecule has 3 atom stereocenters. The summed E-state index contributed by atoms with van der Waals surface area (Å²) in [6.07, 6.45) is 1.18. The average molecular weight is 471 g/mol. The zero-order valence-corrected chi connectivity index (χ0v) is 19.3. The molecule has 33 heavy (non-hydrogen) atoms. The zero-order valence-electron chi connectivity index (χ0n) is 18.5. The van der Waals surface area contributed by atoms with E-state index in [0.29, 0.717) is 23.1 Å². The number of halogens is 2. The Labute approximate surface area is 195 Å². The van der Waals surface area contributed by atoms with Gasteiger partial charge in [0.15, 0.2) is 5.17 Å². The van der Waals surface area contributed by atoms with Crippen LogP contribution in [0.1, 0.15) is 39.2 Å². The SMILES string of the molecule is CC[C@H](SC1=Nc2ccccc2C2=N[C@@H]([C@H](C)CC)C(=O)N12)C(=O)Nc1cc(F)ccc1F. The molecule has 2 aromatic carbocycles. The molecule has 2 aliphatic rings. The van der Waals surface area contributed by atoms with Crippen LogP contribution < -0.4 is 5.32 Å². The Hall–Kier alpha value is -3.07. The molecule has 0 bridgehead atoms. The van der Waals surface area contributed by atoms with E-state index < -0.39 is 28.8 Å². The highest BCUT2D eigenvalue weighted by atomic mass is 32.2. The van der Waals surface area contributed by atoms with Gasteiger partial charge in [-0.2, -0.15) is 0 Å². The summed E-state index contributed by atoms with van der Waals surface area (Å²) < 4.78 is 27.5. The van der Waals surface area contributed by atoms with Gasteiger partial charge < -0.3 is 5.32 Å². The summed E-state index contributed by atoms with van der Waals surface area (Å²) in [5, 5.41) is 2.12. The van der Waals surface area contributed by atoms with Gasteiger partial charge in [0.05, 0.1) is 16.6 Å². The number of para-hydroxylation sites is 1. The van der Waals surface area contributed by atoms with Crippen LogP contribution in [0, 0.1) is 17.6 Å². The lowest BCUT2D eigenvalue weighted by Crippen LogP contribution is -2.43. The maximum Gasteiger partial charge on any atom is 0.259 e. The monoisotopic (exact) mass is 470 g/mol. The molecule has 0 fully saturated rings. The fraction of sp³-hybridized carbons (Fsp3) is 0.333. The smallest absolute Gasteiger partial charge is 0.259 e. The number of anilines is 1. The van der Waals surface area contributed by atoms with Crippen molar-refractivity contribution in [2.75, 3.05) is 5.32 Å². The van der Waals surface area contributed by atoms with E-state index in [1.165, 1.54) is 4.90 Å². The molecule has 2 aromatic rings. The van der Waals surface area contributed by atoms with Crippen molar-refractivity contribution in [2.24, 2.45) is 15.9 Å². The van der Waals surface area contributed by atoms with Crippen LogP contribution in [-0.4, -0.2) is 39.0 Å². The number of benzene rings is 2. The lowest BCUT2D eigenvalue weighted by atomic mass is 10.00. The second kappa shape index (κ2) is 9.43. The molecule has 0 aliphatic carbocycles. The fourth-order valence-corrected chi connectivity index (χ4v) is 4.72. The van der Waals surface area contributed by atoms with E-state index in [4.69, 9.17) is 4.99 Å². The largest absolute Gasteiger partial charge is 0.323 e. The van der Waals surface area contributed by atoms with Crippen LogP contribution in [-0.2, 0) is 9.59 Å². The third-order valence-electron chi connectivity index (χ3n) is 5.78. The van der Waals surface area contributed by atoms with E-state index in [0.717, 1.165) is 41.9 Å². The first-order chi connectivity index (χ1) is 15.8. The van der Waals surface area contributed by atoms with E-state index >= 15 is 0 Å². The van der Waals surface area contributed by atoms with Gasteiger partial charge in [-0.15, -0.1) is 0 Å². The van der Waals surface area contributed by atoms with Crippen molar-refractivity contribution >= 4 is 46.0 Å². The first-order valence-electron chi connectivity index (χ1n) is 10.9. The van der Waals surface area contributed by atoms with Crippen molar-refractivity contribution in [3.63, 3.8) is 0 Å². The lowest BCUT2D eigenvalue weighted by molar-refractivity contribution is -0.125. The number of nitrogens with one attached hydrogen (secondary N) is 1. The Balaban J connectivity index is 1.64.